The number of nitrogens with zero attached hydrogens (tertiary/aromatic N) is 1. The van der Waals surface area contributed by atoms with Gasteiger partial charge in [0.15, 0.2) is 0 Å². The van der Waals surface area contributed by atoms with Gasteiger partial charge in [-0.3, -0.25) is 18.5 Å². The van der Waals surface area contributed by atoms with E-state index in [2.05, 4.69) is 4.98 Å². The predicted octanol–water partition coefficient (Wildman–Crippen LogP) is 0.334. The van der Waals surface area contributed by atoms with Crippen LogP contribution < -0.4 is 11.2 Å². The molecule has 1 aromatic carbocycles. The number of hydrogen-bond donors (Lipinski definition) is 1. The molecule has 0 spiro atoms. The van der Waals surface area contributed by atoms with Crippen molar-refractivity contribution in [2.75, 3.05) is 12.9 Å². The van der Waals surface area contributed by atoms with Crippen LogP contribution >= 0.6 is 0 Å². The minimum atomic E-state index is -3.83. The Kier molecular flexibility index (Phi) is 6.01. The normalized spacial score (nSPS) is 21.8. The molecule has 1 aliphatic rings. The highest BCUT2D eigenvalue weighted by Crippen LogP contribution is 2.31. The molecule has 0 saturated carbocycles. The molecular weight excluding hydrogens is 404 g/mol. The fraction of sp³-hybridized carbons (Fsp3) is 0.389. The van der Waals surface area contributed by atoms with E-state index < -0.39 is 45.8 Å². The van der Waals surface area contributed by atoms with E-state index in [1.165, 1.54) is 13.1 Å². The minimum absolute atomic E-state index is 0.00597. The summed E-state index contributed by atoms with van der Waals surface area (Å²) in [5.41, 5.74) is -0.616. The number of aromatic nitrogens is 2. The number of carbonyl (C=O) groups excluding carboxylic acids is 1. The number of hydrogen-bond acceptors (Lipinski definition) is 8. The number of nitrogens with one attached hydrogen (secondary N) is 1. The summed E-state index contributed by atoms with van der Waals surface area (Å²) >= 11 is 0. The molecule has 11 heteroatoms. The van der Waals surface area contributed by atoms with Gasteiger partial charge in [0, 0.05) is 18.2 Å². The quantitative estimate of drug-likeness (QED) is 0.518. The van der Waals surface area contributed by atoms with Gasteiger partial charge in [0.1, 0.15) is 25.0 Å². The van der Waals surface area contributed by atoms with Gasteiger partial charge < -0.3 is 9.47 Å². The molecule has 2 heterocycles. The number of aryl methyl sites for hydroxylation is 1. The maximum absolute atomic E-state index is 12.1. The second-order valence-electron chi connectivity index (χ2n) is 6.65. The molecule has 1 aromatic heterocycles. The first kappa shape index (κ1) is 21.0. The molecule has 2 aromatic rings. The molecule has 1 fully saturated rings. The molecule has 1 N–H and O–H groups in total. The summed E-state index contributed by atoms with van der Waals surface area (Å²) < 4.78 is 40.4. The van der Waals surface area contributed by atoms with E-state index >= 15 is 0 Å². The summed E-state index contributed by atoms with van der Waals surface area (Å²) in [6.07, 6.45) is -0.582. The van der Waals surface area contributed by atoms with Gasteiger partial charge in [0.25, 0.3) is 15.7 Å². The van der Waals surface area contributed by atoms with E-state index in [-0.39, 0.29) is 18.6 Å². The van der Waals surface area contributed by atoms with Crippen molar-refractivity contribution in [1.82, 2.24) is 9.55 Å². The number of benzene rings is 1. The standard InChI is InChI=1S/C18H20N2O8S/c1-11-9-20(18(23)19-16(11)21)15-8-13(28-29(2,24)25)14(27-15)10-26-17(22)12-6-4-3-5-7-12/h3-7,9,13-15H,8,10H2,1-2H3,(H,19,21,23)/t13-,14-,15-/m1/s1. The van der Waals surface area contributed by atoms with Crippen molar-refractivity contribution in [2.24, 2.45) is 0 Å². The molecule has 29 heavy (non-hydrogen) atoms. The molecular formula is C18H20N2O8S. The third-order valence-electron chi connectivity index (χ3n) is 4.32. The molecule has 0 bridgehead atoms. The van der Waals surface area contributed by atoms with Gasteiger partial charge in [-0.1, -0.05) is 18.2 Å². The van der Waals surface area contributed by atoms with Crippen LogP contribution in [0.1, 0.15) is 28.6 Å². The minimum Gasteiger partial charge on any atom is -0.459 e. The fourth-order valence-electron chi connectivity index (χ4n) is 2.96. The Morgan fingerprint density at radius 1 is 1.28 bits per heavy atom. The van der Waals surface area contributed by atoms with E-state index in [1.807, 2.05) is 0 Å². The number of ether oxygens (including phenoxy) is 2. The second kappa shape index (κ2) is 8.31. The molecule has 1 saturated heterocycles. The summed E-state index contributed by atoms with van der Waals surface area (Å²) in [5, 5.41) is 0. The first-order chi connectivity index (χ1) is 13.6. The Morgan fingerprint density at radius 3 is 2.62 bits per heavy atom. The van der Waals surface area contributed by atoms with E-state index in [0.717, 1.165) is 10.8 Å². The maximum Gasteiger partial charge on any atom is 0.338 e. The predicted molar refractivity (Wildman–Crippen MR) is 101 cm³/mol. The number of H-pyrrole nitrogens is 1. The summed E-state index contributed by atoms with van der Waals surface area (Å²) in [6.45, 7) is 1.24. The van der Waals surface area contributed by atoms with Crippen molar-refractivity contribution in [2.45, 2.75) is 31.8 Å². The molecule has 0 amide bonds. The lowest BCUT2D eigenvalue weighted by atomic mass is 10.2. The lowest BCUT2D eigenvalue weighted by Gasteiger charge is -2.18. The van der Waals surface area contributed by atoms with Crippen molar-refractivity contribution < 1.29 is 26.9 Å². The van der Waals surface area contributed by atoms with E-state index in [4.69, 9.17) is 13.7 Å². The summed E-state index contributed by atoms with van der Waals surface area (Å²) in [4.78, 5) is 38.0. The van der Waals surface area contributed by atoms with Gasteiger partial charge >= 0.3 is 11.7 Å². The van der Waals surface area contributed by atoms with Gasteiger partial charge in [-0.05, 0) is 19.1 Å². The van der Waals surface area contributed by atoms with Crippen molar-refractivity contribution >= 4 is 16.1 Å². The Bertz CT molecular complexity index is 1110. The summed E-state index contributed by atoms with van der Waals surface area (Å²) in [5.74, 6) is -0.604. The fourth-order valence-corrected chi connectivity index (χ4v) is 3.61. The maximum atomic E-state index is 12.1. The van der Waals surface area contributed by atoms with Crippen LogP contribution in [0.4, 0.5) is 0 Å². The van der Waals surface area contributed by atoms with Crippen LogP contribution in [-0.4, -0.2) is 49.0 Å². The first-order valence-electron chi connectivity index (χ1n) is 8.72. The second-order valence-corrected chi connectivity index (χ2v) is 8.25. The molecule has 0 aliphatic carbocycles. The molecule has 0 unspecified atom stereocenters. The zero-order chi connectivity index (χ0) is 21.2. The van der Waals surface area contributed by atoms with Crippen LogP contribution in [0.2, 0.25) is 0 Å². The highest BCUT2D eigenvalue weighted by Gasteiger charge is 2.40. The van der Waals surface area contributed by atoms with E-state index in [9.17, 15) is 22.8 Å². The van der Waals surface area contributed by atoms with Gasteiger partial charge in [-0.2, -0.15) is 8.42 Å². The average Bonchev–Trinajstić information content (AvgIpc) is 3.04. The zero-order valence-corrected chi connectivity index (χ0v) is 16.5. The SMILES string of the molecule is Cc1cn([C@H]2C[C@@H](OS(C)(=O)=O)[C@@H](COC(=O)c3ccccc3)O2)c(=O)[nH]c1=O. The molecule has 0 radical (unpaired) electrons. The molecule has 3 rings (SSSR count). The molecule has 1 aliphatic heterocycles. The van der Waals surface area contributed by atoms with Gasteiger partial charge in [-0.25, -0.2) is 9.59 Å². The van der Waals surface area contributed by atoms with Crippen molar-refractivity contribution in [1.29, 1.82) is 0 Å². The van der Waals surface area contributed by atoms with Crippen molar-refractivity contribution in [3.05, 3.63) is 68.5 Å². The molecule has 3 atom stereocenters. The lowest BCUT2D eigenvalue weighted by molar-refractivity contribution is -0.0491. The summed E-state index contributed by atoms with van der Waals surface area (Å²) in [6, 6.07) is 8.27. The third kappa shape index (κ3) is 5.19. The van der Waals surface area contributed by atoms with Crippen LogP contribution in [0.15, 0.2) is 46.1 Å². The van der Waals surface area contributed by atoms with Crippen LogP contribution in [0.3, 0.4) is 0 Å². The zero-order valence-electron chi connectivity index (χ0n) is 15.7. The van der Waals surface area contributed by atoms with Crippen LogP contribution in [0.25, 0.3) is 0 Å². The number of esters is 1. The molecule has 10 nitrogen and oxygen atoms in total. The Balaban J connectivity index is 1.79. The Hall–Kier alpha value is -2.76. The van der Waals surface area contributed by atoms with Crippen LogP contribution in [-0.2, 0) is 23.8 Å². The number of rotatable bonds is 6. The van der Waals surface area contributed by atoms with E-state index in [0.29, 0.717) is 5.56 Å². The van der Waals surface area contributed by atoms with Gasteiger partial charge in [0.2, 0.25) is 0 Å². The largest absolute Gasteiger partial charge is 0.459 e. The highest BCUT2D eigenvalue weighted by molar-refractivity contribution is 7.86. The van der Waals surface area contributed by atoms with Crippen LogP contribution in [0.5, 0.6) is 0 Å². The number of carbonyl (C=O) groups is 1. The Morgan fingerprint density at radius 2 is 1.97 bits per heavy atom. The first-order valence-corrected chi connectivity index (χ1v) is 10.5. The highest BCUT2D eigenvalue weighted by atomic mass is 32.2. The lowest BCUT2D eigenvalue weighted by Crippen LogP contribution is -2.33. The molecule has 156 valence electrons. The van der Waals surface area contributed by atoms with Gasteiger partial charge in [-0.15, -0.1) is 0 Å². The van der Waals surface area contributed by atoms with Gasteiger partial charge in [0.05, 0.1) is 11.8 Å². The summed E-state index contributed by atoms with van der Waals surface area (Å²) in [7, 11) is -3.83. The van der Waals surface area contributed by atoms with Crippen molar-refractivity contribution in [3.8, 4) is 0 Å². The van der Waals surface area contributed by atoms with E-state index in [1.54, 1.807) is 30.3 Å². The third-order valence-corrected chi connectivity index (χ3v) is 4.92. The van der Waals surface area contributed by atoms with Crippen molar-refractivity contribution in [3.63, 3.8) is 0 Å². The average molecular weight is 424 g/mol. The van der Waals surface area contributed by atoms with Crippen LogP contribution in [0, 0.1) is 6.92 Å². The smallest absolute Gasteiger partial charge is 0.338 e. The Labute approximate surface area is 166 Å². The topological polar surface area (TPSA) is 134 Å². The number of aromatic amines is 1. The monoisotopic (exact) mass is 424 g/mol.